The molecule has 3 heteroatoms. The van der Waals surface area contributed by atoms with E-state index in [4.69, 9.17) is 9.97 Å². The lowest BCUT2D eigenvalue weighted by atomic mass is 9.83. The minimum absolute atomic E-state index is 0.719. The van der Waals surface area contributed by atoms with E-state index in [1.807, 2.05) is 0 Å². The Hall–Kier alpha value is -7.62. The van der Waals surface area contributed by atoms with E-state index in [0.29, 0.717) is 0 Å². The number of aryl methyl sites for hydroxylation is 1. The van der Waals surface area contributed by atoms with Crippen LogP contribution in [0.4, 0.5) is 0 Å². The highest BCUT2D eigenvalue weighted by Gasteiger charge is 2.21. The summed E-state index contributed by atoms with van der Waals surface area (Å²) in [4.78, 5) is 10.9. The van der Waals surface area contributed by atoms with Crippen molar-refractivity contribution in [3.05, 3.63) is 193 Å². The van der Waals surface area contributed by atoms with Gasteiger partial charge in [0.05, 0.1) is 27.9 Å². The molecule has 0 spiro atoms. The predicted octanol–water partition coefficient (Wildman–Crippen LogP) is 14.6. The molecular weight excluding hydrogens is 715 g/mol. The molecule has 8 aromatic carbocycles. The van der Waals surface area contributed by atoms with Crippen molar-refractivity contribution >= 4 is 60.3 Å². The van der Waals surface area contributed by atoms with E-state index in [9.17, 15) is 0 Å². The van der Waals surface area contributed by atoms with Crippen molar-refractivity contribution in [1.82, 2.24) is 14.5 Å². The van der Waals surface area contributed by atoms with Crippen molar-refractivity contribution < 1.29 is 0 Å². The molecule has 10 aromatic rings. The normalized spacial score (nSPS) is 12.9. The van der Waals surface area contributed by atoms with Crippen LogP contribution in [0.2, 0.25) is 0 Å². The Morgan fingerprint density at radius 2 is 1.14 bits per heavy atom. The number of benzene rings is 9. The maximum atomic E-state index is 5.51. The van der Waals surface area contributed by atoms with Gasteiger partial charge in [0.25, 0.3) is 0 Å². The summed E-state index contributed by atoms with van der Waals surface area (Å²) in [5.41, 5.74) is 17.9. The van der Waals surface area contributed by atoms with E-state index in [0.717, 1.165) is 62.8 Å². The highest BCUT2D eigenvalue weighted by atomic mass is 15.0. The van der Waals surface area contributed by atoms with Crippen LogP contribution in [0.3, 0.4) is 0 Å². The van der Waals surface area contributed by atoms with Gasteiger partial charge < -0.3 is 4.57 Å². The third-order valence-electron chi connectivity index (χ3n) is 12.8. The number of hydrogen-bond acceptors (Lipinski definition) is 2. The molecule has 274 valence electrons. The van der Waals surface area contributed by atoms with Gasteiger partial charge in [0.1, 0.15) is 0 Å². The van der Waals surface area contributed by atoms with Crippen molar-refractivity contribution in [3.8, 4) is 61.7 Å². The predicted molar refractivity (Wildman–Crippen MR) is 247 cm³/mol. The molecule has 0 radical (unpaired) electrons. The van der Waals surface area contributed by atoms with Crippen LogP contribution in [0.15, 0.2) is 182 Å². The number of rotatable bonds is 5. The van der Waals surface area contributed by atoms with Gasteiger partial charge in [-0.25, -0.2) is 9.97 Å². The summed E-state index contributed by atoms with van der Waals surface area (Å²) in [7, 11) is 0. The van der Waals surface area contributed by atoms with Crippen LogP contribution in [-0.4, -0.2) is 14.5 Å². The number of allylic oxidation sites excluding steroid dienone is 1. The van der Waals surface area contributed by atoms with Crippen LogP contribution < -0.4 is 0 Å². The fourth-order valence-electron chi connectivity index (χ4n) is 9.69. The molecule has 2 aromatic heterocycles. The standard InChI is InChI=1S/C56H35N3/c1-2-10-37-29-40(22-17-34(37)9-1)41-24-27-51-50(31-41)55(36-20-18-35(19-21-36)48-32-42-23-25-43(42)48)58-56(57-51)47-26-28-53(45-14-6-5-13-44(45)47)59-52-16-8-7-15-46(52)49-30-38-11-3-4-12-39(38)33-54(49)59/h1,3-9,11-33H,2,10H2. The van der Waals surface area contributed by atoms with Gasteiger partial charge in [-0.05, 0) is 122 Å². The summed E-state index contributed by atoms with van der Waals surface area (Å²) in [6.07, 6.45) is 6.68. The third kappa shape index (κ3) is 4.95. The molecule has 0 saturated carbocycles. The van der Waals surface area contributed by atoms with Crippen molar-refractivity contribution in [2.24, 2.45) is 0 Å². The van der Waals surface area contributed by atoms with Crippen LogP contribution in [0.1, 0.15) is 17.5 Å². The van der Waals surface area contributed by atoms with Crippen molar-refractivity contribution in [2.45, 2.75) is 12.8 Å². The van der Waals surface area contributed by atoms with E-state index >= 15 is 0 Å². The first kappa shape index (κ1) is 32.5. The van der Waals surface area contributed by atoms with E-state index in [-0.39, 0.29) is 0 Å². The molecule has 59 heavy (non-hydrogen) atoms. The lowest BCUT2D eigenvalue weighted by Crippen LogP contribution is -1.99. The Kier molecular flexibility index (Phi) is 6.84. The Bertz CT molecular complexity index is 3610. The topological polar surface area (TPSA) is 30.7 Å². The second kappa shape index (κ2) is 12.4. The molecule has 13 rings (SSSR count). The number of nitrogens with zero attached hydrogens (tertiary/aromatic N) is 3. The molecule has 0 amide bonds. The van der Waals surface area contributed by atoms with Crippen LogP contribution in [-0.2, 0) is 6.42 Å². The average molecular weight is 750 g/mol. The highest BCUT2D eigenvalue weighted by Crippen LogP contribution is 2.45. The van der Waals surface area contributed by atoms with Gasteiger partial charge in [0.2, 0.25) is 0 Å². The molecular formula is C56H35N3. The monoisotopic (exact) mass is 749 g/mol. The lowest BCUT2D eigenvalue weighted by molar-refractivity contribution is 0.986. The van der Waals surface area contributed by atoms with Gasteiger partial charge in [0.15, 0.2) is 5.82 Å². The second-order valence-electron chi connectivity index (χ2n) is 16.1. The van der Waals surface area contributed by atoms with Gasteiger partial charge in [-0.3, -0.25) is 0 Å². The summed E-state index contributed by atoms with van der Waals surface area (Å²) in [6.45, 7) is 0. The van der Waals surface area contributed by atoms with Crippen LogP contribution >= 0.6 is 0 Å². The van der Waals surface area contributed by atoms with Crippen molar-refractivity contribution in [2.75, 3.05) is 0 Å². The number of hydrogen-bond donors (Lipinski definition) is 0. The highest BCUT2D eigenvalue weighted by molar-refractivity contribution is 6.15. The van der Waals surface area contributed by atoms with E-state index in [2.05, 4.69) is 193 Å². The molecule has 3 aliphatic carbocycles. The first-order chi connectivity index (χ1) is 29.2. The van der Waals surface area contributed by atoms with E-state index < -0.39 is 0 Å². The summed E-state index contributed by atoms with van der Waals surface area (Å²) >= 11 is 0. The Labute approximate surface area is 341 Å². The quantitative estimate of drug-likeness (QED) is 0.175. The second-order valence-corrected chi connectivity index (χ2v) is 16.1. The molecule has 0 fully saturated rings. The van der Waals surface area contributed by atoms with Crippen molar-refractivity contribution in [1.29, 1.82) is 0 Å². The zero-order chi connectivity index (χ0) is 38.6. The molecule has 0 bridgehead atoms. The third-order valence-corrected chi connectivity index (χ3v) is 12.8. The first-order valence-electron chi connectivity index (χ1n) is 20.5. The average Bonchev–Trinajstić information content (AvgIpc) is 3.60. The number of aromatic nitrogens is 3. The molecule has 0 atom stereocenters. The van der Waals surface area contributed by atoms with Crippen LogP contribution in [0, 0.1) is 0 Å². The van der Waals surface area contributed by atoms with Gasteiger partial charge in [-0.15, -0.1) is 0 Å². The summed E-state index contributed by atoms with van der Waals surface area (Å²) in [6, 6.07) is 64.5. The van der Waals surface area contributed by atoms with Gasteiger partial charge >= 0.3 is 0 Å². The molecule has 3 nitrogen and oxygen atoms in total. The van der Waals surface area contributed by atoms with Gasteiger partial charge in [0, 0.05) is 32.7 Å². The fraction of sp³-hybridized carbons (Fsp3) is 0.0357. The molecule has 0 N–H and O–H groups in total. The minimum Gasteiger partial charge on any atom is -0.309 e. The van der Waals surface area contributed by atoms with Gasteiger partial charge in [-0.1, -0.05) is 140 Å². The lowest BCUT2D eigenvalue weighted by Gasteiger charge is -2.21. The largest absolute Gasteiger partial charge is 0.309 e. The van der Waals surface area contributed by atoms with Gasteiger partial charge in [-0.2, -0.15) is 0 Å². The smallest absolute Gasteiger partial charge is 0.161 e. The van der Waals surface area contributed by atoms with Crippen LogP contribution in [0.25, 0.3) is 122 Å². The Balaban J connectivity index is 1.01. The number of fused-ring (bicyclic) bond motifs is 8. The molecule has 3 aliphatic rings. The molecule has 0 aliphatic heterocycles. The molecule has 2 heterocycles. The maximum Gasteiger partial charge on any atom is 0.161 e. The van der Waals surface area contributed by atoms with E-state index in [1.54, 1.807) is 0 Å². The van der Waals surface area contributed by atoms with Crippen molar-refractivity contribution in [3.63, 3.8) is 0 Å². The fourth-order valence-corrected chi connectivity index (χ4v) is 9.69. The summed E-state index contributed by atoms with van der Waals surface area (Å²) < 4.78 is 2.44. The minimum atomic E-state index is 0.719. The molecule has 0 saturated heterocycles. The zero-order valence-electron chi connectivity index (χ0n) is 32.2. The Morgan fingerprint density at radius 1 is 0.424 bits per heavy atom. The summed E-state index contributed by atoms with van der Waals surface area (Å²) in [5.74, 6) is 0.719. The number of para-hydroxylation sites is 1. The van der Waals surface area contributed by atoms with Crippen LogP contribution in [0.5, 0.6) is 0 Å². The zero-order valence-corrected chi connectivity index (χ0v) is 32.2. The first-order valence-corrected chi connectivity index (χ1v) is 20.5. The van der Waals surface area contributed by atoms with E-state index in [1.165, 1.54) is 77.1 Å². The molecule has 0 unspecified atom stereocenters. The Morgan fingerprint density at radius 3 is 1.97 bits per heavy atom. The summed E-state index contributed by atoms with van der Waals surface area (Å²) in [5, 5.41) is 8.29. The SMILES string of the molecule is C1=Cc2ccc(-c3ccc4nc(-c5ccc(-n6c7ccccc7c7cc8ccccc8cc76)c6ccccc56)nc(-c5ccc(-c6cc7ccc6-7)cc5)c4c3)cc2CC1. The maximum absolute atomic E-state index is 5.51.